The van der Waals surface area contributed by atoms with Gasteiger partial charge in [-0.25, -0.2) is 0 Å². The van der Waals surface area contributed by atoms with Gasteiger partial charge in [0, 0.05) is 29.7 Å². The van der Waals surface area contributed by atoms with Crippen LogP contribution in [0.2, 0.25) is 0 Å². The largest absolute Gasteiger partial charge is 0.495 e. The van der Waals surface area contributed by atoms with E-state index in [2.05, 4.69) is 5.32 Å². The van der Waals surface area contributed by atoms with Crippen molar-refractivity contribution in [3.63, 3.8) is 0 Å². The Bertz CT molecular complexity index is 712. The number of methoxy groups -OCH3 is 1. The van der Waals surface area contributed by atoms with Gasteiger partial charge in [0.05, 0.1) is 12.8 Å². The predicted molar refractivity (Wildman–Crippen MR) is 91.2 cm³/mol. The molecule has 0 saturated heterocycles. The molecule has 0 saturated carbocycles. The van der Waals surface area contributed by atoms with Crippen molar-refractivity contribution in [2.45, 2.75) is 19.9 Å². The van der Waals surface area contributed by atoms with Gasteiger partial charge in [-0.05, 0) is 25.1 Å². The van der Waals surface area contributed by atoms with Crippen LogP contribution in [0.5, 0.6) is 5.75 Å². The lowest BCUT2D eigenvalue weighted by Crippen LogP contribution is -2.20. The molecule has 0 atom stereocenters. The zero-order chi connectivity index (χ0) is 15.4. The molecule has 0 spiro atoms. The number of nitrogens with one attached hydrogen (secondary N) is 1. The molecule has 0 aliphatic rings. The number of aryl methyl sites for hydroxylation is 1. The smallest absolute Gasteiger partial charge is 0.307 e. The highest BCUT2D eigenvalue weighted by molar-refractivity contribution is 7.07. The lowest BCUT2D eigenvalue weighted by molar-refractivity contribution is -0.116. The van der Waals surface area contributed by atoms with Crippen molar-refractivity contribution in [3.05, 3.63) is 38.9 Å². The van der Waals surface area contributed by atoms with E-state index < -0.39 is 0 Å². The normalized spacial score (nSPS) is 9.91. The number of nitrogens with zero attached hydrogens (tertiary/aromatic N) is 1. The molecule has 1 aromatic carbocycles. The Hall–Kier alpha value is -1.99. The van der Waals surface area contributed by atoms with Crippen LogP contribution in [-0.2, 0) is 11.3 Å². The number of anilines is 2. The number of amides is 1. The Kier molecular flexibility index (Phi) is 6.45. The number of rotatable bonds is 5. The number of ether oxygens (including phenoxy) is 1. The molecular weight excluding hydrogens is 326 g/mol. The van der Waals surface area contributed by atoms with Crippen LogP contribution in [0.25, 0.3) is 0 Å². The van der Waals surface area contributed by atoms with Gasteiger partial charge in [0.15, 0.2) is 0 Å². The van der Waals surface area contributed by atoms with E-state index in [0.29, 0.717) is 23.7 Å². The summed E-state index contributed by atoms with van der Waals surface area (Å²) in [5.41, 5.74) is 7.71. The Morgan fingerprint density at radius 3 is 2.73 bits per heavy atom. The van der Waals surface area contributed by atoms with E-state index in [1.807, 2.05) is 6.92 Å². The van der Waals surface area contributed by atoms with Crippen LogP contribution >= 0.6 is 23.7 Å². The molecule has 0 bridgehead atoms. The molecule has 1 heterocycles. The fourth-order valence-electron chi connectivity index (χ4n) is 1.92. The van der Waals surface area contributed by atoms with Crippen LogP contribution in [-0.4, -0.2) is 17.6 Å². The maximum absolute atomic E-state index is 11.9. The van der Waals surface area contributed by atoms with Crippen molar-refractivity contribution in [2.75, 3.05) is 18.2 Å². The van der Waals surface area contributed by atoms with Gasteiger partial charge in [-0.3, -0.25) is 9.59 Å². The average Bonchev–Trinajstić information content (AvgIpc) is 2.76. The molecular formula is C14H18ClN3O3S. The second-order valence-corrected chi connectivity index (χ2v) is 5.37. The SMILES string of the molecule is COc1ccc(NC(=O)CCn2c(C)csc2=O)cc1N.Cl. The molecule has 22 heavy (non-hydrogen) atoms. The maximum Gasteiger partial charge on any atom is 0.307 e. The molecule has 2 rings (SSSR count). The molecule has 0 aliphatic carbocycles. The van der Waals surface area contributed by atoms with E-state index in [1.165, 1.54) is 7.11 Å². The predicted octanol–water partition coefficient (Wildman–Crippen LogP) is 2.26. The summed E-state index contributed by atoms with van der Waals surface area (Å²) in [4.78, 5) is 23.4. The number of carbonyl (C=O) groups is 1. The highest BCUT2D eigenvalue weighted by atomic mass is 35.5. The molecule has 2 aromatic rings. The van der Waals surface area contributed by atoms with E-state index in [0.717, 1.165) is 17.0 Å². The summed E-state index contributed by atoms with van der Waals surface area (Å²) in [6, 6.07) is 5.05. The highest BCUT2D eigenvalue weighted by Crippen LogP contribution is 2.24. The van der Waals surface area contributed by atoms with Gasteiger partial charge in [-0.15, -0.1) is 12.4 Å². The van der Waals surface area contributed by atoms with Crippen molar-refractivity contribution in [2.24, 2.45) is 0 Å². The highest BCUT2D eigenvalue weighted by Gasteiger charge is 2.08. The number of nitrogen functional groups attached to an aromatic ring is 1. The van der Waals surface area contributed by atoms with Crippen molar-refractivity contribution < 1.29 is 9.53 Å². The lowest BCUT2D eigenvalue weighted by Gasteiger charge is -2.09. The summed E-state index contributed by atoms with van der Waals surface area (Å²) in [6.45, 7) is 2.21. The van der Waals surface area contributed by atoms with Gasteiger partial charge in [-0.2, -0.15) is 0 Å². The third-order valence-corrected chi connectivity index (χ3v) is 3.93. The van der Waals surface area contributed by atoms with Crippen molar-refractivity contribution >= 4 is 41.0 Å². The topological polar surface area (TPSA) is 86.3 Å². The van der Waals surface area contributed by atoms with Crippen LogP contribution < -0.4 is 20.7 Å². The van der Waals surface area contributed by atoms with E-state index in [4.69, 9.17) is 10.5 Å². The number of carbonyl (C=O) groups excluding carboxylic acids is 1. The summed E-state index contributed by atoms with van der Waals surface area (Å²) < 4.78 is 6.64. The second-order valence-electron chi connectivity index (χ2n) is 4.55. The fourth-order valence-corrected chi connectivity index (χ4v) is 2.68. The van der Waals surface area contributed by atoms with E-state index in [1.54, 1.807) is 28.1 Å². The first kappa shape index (κ1) is 18.1. The van der Waals surface area contributed by atoms with E-state index in [-0.39, 0.29) is 29.6 Å². The van der Waals surface area contributed by atoms with Gasteiger partial charge >= 0.3 is 4.87 Å². The first-order chi connectivity index (χ1) is 10.0. The molecule has 8 heteroatoms. The summed E-state index contributed by atoms with van der Waals surface area (Å²) in [6.07, 6.45) is 0.226. The quantitative estimate of drug-likeness (QED) is 0.815. The first-order valence-corrected chi connectivity index (χ1v) is 7.27. The minimum Gasteiger partial charge on any atom is -0.495 e. The number of halogens is 1. The molecule has 6 nitrogen and oxygen atoms in total. The van der Waals surface area contributed by atoms with Gasteiger partial charge in [0.25, 0.3) is 0 Å². The Morgan fingerprint density at radius 2 is 2.18 bits per heavy atom. The van der Waals surface area contributed by atoms with Crippen LogP contribution in [0, 0.1) is 6.92 Å². The number of aromatic nitrogens is 1. The van der Waals surface area contributed by atoms with Crippen LogP contribution in [0.4, 0.5) is 11.4 Å². The van der Waals surface area contributed by atoms with Crippen molar-refractivity contribution in [1.29, 1.82) is 0 Å². The number of thiazole rings is 1. The monoisotopic (exact) mass is 343 g/mol. The Morgan fingerprint density at radius 1 is 1.45 bits per heavy atom. The minimum atomic E-state index is -0.169. The summed E-state index contributed by atoms with van der Waals surface area (Å²) in [5, 5.41) is 4.53. The van der Waals surface area contributed by atoms with Crippen molar-refractivity contribution in [3.8, 4) is 5.75 Å². The number of benzene rings is 1. The Labute approximate surface area is 138 Å². The van der Waals surface area contributed by atoms with Gasteiger partial charge in [0.2, 0.25) is 5.91 Å². The summed E-state index contributed by atoms with van der Waals surface area (Å²) in [7, 11) is 1.53. The third-order valence-electron chi connectivity index (χ3n) is 3.05. The lowest BCUT2D eigenvalue weighted by atomic mass is 10.2. The molecule has 0 aliphatic heterocycles. The molecule has 3 N–H and O–H groups in total. The molecule has 120 valence electrons. The second kappa shape index (κ2) is 7.86. The number of hydrogen-bond acceptors (Lipinski definition) is 5. The average molecular weight is 344 g/mol. The van der Waals surface area contributed by atoms with Gasteiger partial charge < -0.3 is 20.4 Å². The van der Waals surface area contributed by atoms with Crippen LogP contribution in [0.1, 0.15) is 12.1 Å². The molecule has 0 radical (unpaired) electrons. The van der Waals surface area contributed by atoms with Crippen LogP contribution in [0.15, 0.2) is 28.4 Å². The summed E-state index contributed by atoms with van der Waals surface area (Å²) >= 11 is 1.14. The maximum atomic E-state index is 11.9. The van der Waals surface area contributed by atoms with Crippen LogP contribution in [0.3, 0.4) is 0 Å². The first-order valence-electron chi connectivity index (χ1n) is 6.39. The molecule has 0 fully saturated rings. The zero-order valence-corrected chi connectivity index (χ0v) is 13.9. The number of hydrogen-bond donors (Lipinski definition) is 2. The third kappa shape index (κ3) is 4.25. The van der Waals surface area contributed by atoms with Gasteiger partial charge in [-0.1, -0.05) is 11.3 Å². The zero-order valence-electron chi connectivity index (χ0n) is 12.3. The van der Waals surface area contributed by atoms with E-state index >= 15 is 0 Å². The Balaban J connectivity index is 0.00000242. The standard InChI is InChI=1S/C14H17N3O3S.ClH/c1-9-8-21-14(19)17(9)6-5-13(18)16-10-3-4-12(20-2)11(15)7-10;/h3-4,7-8H,5-6,15H2,1-2H3,(H,16,18);1H. The number of nitrogens with two attached hydrogens (primary N) is 1. The minimum absolute atomic E-state index is 0. The fraction of sp³-hybridized carbons (Fsp3) is 0.286. The van der Waals surface area contributed by atoms with Crippen molar-refractivity contribution in [1.82, 2.24) is 4.57 Å². The molecule has 1 amide bonds. The van der Waals surface area contributed by atoms with Gasteiger partial charge in [0.1, 0.15) is 5.75 Å². The molecule has 1 aromatic heterocycles. The molecule has 0 unspecified atom stereocenters. The van der Waals surface area contributed by atoms with E-state index in [9.17, 15) is 9.59 Å². The summed E-state index contributed by atoms with van der Waals surface area (Å²) in [5.74, 6) is 0.394.